The van der Waals surface area contributed by atoms with Crippen LogP contribution in [0.25, 0.3) is 0 Å². The average molecular weight is 303 g/mol. The summed E-state index contributed by atoms with van der Waals surface area (Å²) in [5.41, 5.74) is 0. The summed E-state index contributed by atoms with van der Waals surface area (Å²) in [4.78, 5) is 12.6. The van der Waals surface area contributed by atoms with Gasteiger partial charge in [-0.3, -0.25) is 9.69 Å². The van der Waals surface area contributed by atoms with Gasteiger partial charge < -0.3 is 5.11 Å². The minimum absolute atomic E-state index is 0.0974. The minimum atomic E-state index is -3.51. The molecule has 0 saturated heterocycles. The molecule has 5 nitrogen and oxygen atoms in total. The first kappa shape index (κ1) is 17.2. The Morgan fingerprint density at radius 1 is 1.30 bits per heavy atom. The van der Waals surface area contributed by atoms with Crippen LogP contribution in [0, 0.1) is 5.92 Å². The zero-order valence-corrected chi connectivity index (χ0v) is 12.8. The van der Waals surface area contributed by atoms with Gasteiger partial charge in [-0.1, -0.05) is 25.3 Å². The summed E-state index contributed by atoms with van der Waals surface area (Å²) in [5, 5.41) is 8.57. The molecule has 0 aliphatic heterocycles. The molecule has 0 aromatic carbocycles. The van der Waals surface area contributed by atoms with E-state index in [1.807, 2.05) is 0 Å². The summed E-state index contributed by atoms with van der Waals surface area (Å²) in [5.74, 6) is -1.53. The maximum atomic E-state index is 11.6. The number of carboxylic acid groups (broad SMARTS) is 1. The van der Waals surface area contributed by atoms with Crippen molar-refractivity contribution in [1.29, 1.82) is 0 Å². The van der Waals surface area contributed by atoms with Crippen LogP contribution < -0.4 is 0 Å². The quantitative estimate of drug-likeness (QED) is 0.654. The lowest BCUT2D eigenvalue weighted by Gasteiger charge is -2.28. The first-order valence-electron chi connectivity index (χ1n) is 7.18. The number of carboxylic acids is 1. The Balaban J connectivity index is 2.45. The first-order chi connectivity index (χ1) is 9.43. The van der Waals surface area contributed by atoms with Crippen molar-refractivity contribution in [3.05, 3.63) is 12.7 Å². The predicted molar refractivity (Wildman–Crippen MR) is 79.5 cm³/mol. The van der Waals surface area contributed by atoms with Crippen LogP contribution in [0.4, 0.5) is 0 Å². The maximum Gasteiger partial charge on any atom is 0.318 e. The summed E-state index contributed by atoms with van der Waals surface area (Å²) in [6.07, 6.45) is 7.98. The van der Waals surface area contributed by atoms with E-state index in [1.165, 1.54) is 32.1 Å². The molecular formula is C14H25NO4S. The third-order valence-electron chi connectivity index (χ3n) is 3.69. The van der Waals surface area contributed by atoms with Gasteiger partial charge in [0.25, 0.3) is 0 Å². The van der Waals surface area contributed by atoms with Crippen LogP contribution in [-0.4, -0.2) is 55.5 Å². The van der Waals surface area contributed by atoms with E-state index in [1.54, 1.807) is 6.08 Å². The number of hydrogen-bond acceptors (Lipinski definition) is 4. The molecule has 1 aliphatic rings. The summed E-state index contributed by atoms with van der Waals surface area (Å²) in [6.45, 7) is 5.62. The number of hydrogen-bond donors (Lipinski definition) is 1. The van der Waals surface area contributed by atoms with E-state index in [0.29, 0.717) is 19.0 Å². The molecule has 1 N–H and O–H groups in total. The topological polar surface area (TPSA) is 74.7 Å². The Kier molecular flexibility index (Phi) is 7.23. The average Bonchev–Trinajstić information content (AvgIpc) is 2.36. The molecule has 116 valence electrons. The molecule has 0 heterocycles. The van der Waals surface area contributed by atoms with Crippen molar-refractivity contribution in [2.45, 2.75) is 32.1 Å². The summed E-state index contributed by atoms with van der Waals surface area (Å²) < 4.78 is 23.2. The predicted octanol–water partition coefficient (Wildman–Crippen LogP) is 1.55. The van der Waals surface area contributed by atoms with Crippen molar-refractivity contribution in [2.75, 3.05) is 31.1 Å². The Hall–Kier alpha value is -0.880. The van der Waals surface area contributed by atoms with Gasteiger partial charge in [-0.25, -0.2) is 8.42 Å². The monoisotopic (exact) mass is 303 g/mol. The fourth-order valence-electron chi connectivity index (χ4n) is 2.70. The third kappa shape index (κ3) is 7.05. The maximum absolute atomic E-state index is 11.6. The summed E-state index contributed by atoms with van der Waals surface area (Å²) in [6, 6.07) is 0. The van der Waals surface area contributed by atoms with Gasteiger partial charge in [0, 0.05) is 19.6 Å². The molecule has 0 unspecified atom stereocenters. The van der Waals surface area contributed by atoms with Crippen LogP contribution in [0.15, 0.2) is 12.7 Å². The number of rotatable bonds is 9. The van der Waals surface area contributed by atoms with Crippen molar-refractivity contribution in [2.24, 2.45) is 5.92 Å². The van der Waals surface area contributed by atoms with Crippen molar-refractivity contribution in [1.82, 2.24) is 4.90 Å². The zero-order chi connectivity index (χ0) is 15.0. The molecule has 1 fully saturated rings. The van der Waals surface area contributed by atoms with Gasteiger partial charge in [0.15, 0.2) is 9.84 Å². The van der Waals surface area contributed by atoms with Gasteiger partial charge in [-0.2, -0.15) is 0 Å². The van der Waals surface area contributed by atoms with Gasteiger partial charge in [-0.05, 0) is 18.8 Å². The normalized spacial score (nSPS) is 17.2. The standard InChI is InChI=1S/C14H25NO4S/c1-2-8-15(11-13-6-4-3-5-7-13)9-10-20(18,19)12-14(16)17/h2,13H,1,3-12H2,(H,16,17). The summed E-state index contributed by atoms with van der Waals surface area (Å²) in [7, 11) is -3.51. The molecule has 6 heteroatoms. The lowest BCUT2D eigenvalue weighted by Crippen LogP contribution is -2.35. The van der Waals surface area contributed by atoms with Crippen molar-refractivity contribution >= 4 is 15.8 Å². The molecule has 0 bridgehead atoms. The molecule has 1 rings (SSSR count). The minimum Gasteiger partial charge on any atom is -0.480 e. The molecule has 0 aromatic rings. The highest BCUT2D eigenvalue weighted by Gasteiger charge is 2.20. The second-order valence-corrected chi connectivity index (χ2v) is 7.72. The molecule has 1 aliphatic carbocycles. The lowest BCUT2D eigenvalue weighted by atomic mass is 9.89. The summed E-state index contributed by atoms with van der Waals surface area (Å²) >= 11 is 0. The van der Waals surface area contributed by atoms with Crippen LogP contribution >= 0.6 is 0 Å². The molecule has 1 saturated carbocycles. The molecule has 0 spiro atoms. The highest BCUT2D eigenvalue weighted by molar-refractivity contribution is 7.92. The first-order valence-corrected chi connectivity index (χ1v) is 9.00. The Morgan fingerprint density at radius 3 is 2.50 bits per heavy atom. The number of sulfone groups is 1. The van der Waals surface area contributed by atoms with Gasteiger partial charge >= 0.3 is 5.97 Å². The smallest absolute Gasteiger partial charge is 0.318 e. The van der Waals surface area contributed by atoms with Crippen LogP contribution in [0.3, 0.4) is 0 Å². The fourth-order valence-corrected chi connectivity index (χ4v) is 3.76. The van der Waals surface area contributed by atoms with Gasteiger partial charge in [0.1, 0.15) is 5.75 Å². The molecule has 0 radical (unpaired) electrons. The van der Waals surface area contributed by atoms with E-state index in [9.17, 15) is 13.2 Å². The van der Waals surface area contributed by atoms with E-state index < -0.39 is 21.6 Å². The number of carbonyl (C=O) groups is 1. The van der Waals surface area contributed by atoms with Gasteiger partial charge in [0.2, 0.25) is 0 Å². The van der Waals surface area contributed by atoms with E-state index in [-0.39, 0.29) is 5.75 Å². The van der Waals surface area contributed by atoms with E-state index >= 15 is 0 Å². The highest BCUT2D eigenvalue weighted by Crippen LogP contribution is 2.24. The van der Waals surface area contributed by atoms with Crippen LogP contribution in [0.5, 0.6) is 0 Å². The number of nitrogens with zero attached hydrogens (tertiary/aromatic N) is 1. The Morgan fingerprint density at radius 2 is 1.95 bits per heavy atom. The Labute approximate surface area is 121 Å². The lowest BCUT2D eigenvalue weighted by molar-refractivity contribution is -0.134. The van der Waals surface area contributed by atoms with Gasteiger partial charge in [-0.15, -0.1) is 6.58 Å². The second kappa shape index (κ2) is 8.42. The third-order valence-corrected chi connectivity index (χ3v) is 5.18. The Bertz CT molecular complexity index is 413. The largest absolute Gasteiger partial charge is 0.480 e. The van der Waals surface area contributed by atoms with Gasteiger partial charge in [0.05, 0.1) is 5.75 Å². The molecule has 0 aromatic heterocycles. The van der Waals surface area contributed by atoms with Crippen LogP contribution in [0.2, 0.25) is 0 Å². The van der Waals surface area contributed by atoms with Crippen molar-refractivity contribution < 1.29 is 18.3 Å². The van der Waals surface area contributed by atoms with Crippen molar-refractivity contribution in [3.8, 4) is 0 Å². The van der Waals surface area contributed by atoms with Crippen LogP contribution in [-0.2, 0) is 14.6 Å². The highest BCUT2D eigenvalue weighted by atomic mass is 32.2. The number of aliphatic carboxylic acids is 1. The van der Waals surface area contributed by atoms with Crippen molar-refractivity contribution in [3.63, 3.8) is 0 Å². The molecular weight excluding hydrogens is 278 g/mol. The zero-order valence-electron chi connectivity index (χ0n) is 12.0. The SMILES string of the molecule is C=CCN(CCS(=O)(=O)CC(=O)O)CC1CCCCC1. The molecule has 0 amide bonds. The van der Waals surface area contributed by atoms with E-state index in [4.69, 9.17) is 5.11 Å². The second-order valence-electron chi connectivity index (χ2n) is 5.54. The van der Waals surface area contributed by atoms with E-state index in [2.05, 4.69) is 11.5 Å². The fraction of sp³-hybridized carbons (Fsp3) is 0.786. The van der Waals surface area contributed by atoms with E-state index in [0.717, 1.165) is 6.54 Å². The van der Waals surface area contributed by atoms with Crippen LogP contribution in [0.1, 0.15) is 32.1 Å². The molecule has 20 heavy (non-hydrogen) atoms. The molecule has 0 atom stereocenters.